The number of para-hydroxylation sites is 2. The number of hydrogen-bond donors (Lipinski definition) is 1. The van der Waals surface area contributed by atoms with Crippen LogP contribution >= 0.6 is 0 Å². The number of ether oxygens (including phenoxy) is 1. The fourth-order valence-electron chi connectivity index (χ4n) is 5.38. The number of hydrogen-bond acceptors (Lipinski definition) is 5. The second-order valence-corrected chi connectivity index (χ2v) is 9.29. The molecule has 3 unspecified atom stereocenters. The average Bonchev–Trinajstić information content (AvgIpc) is 3.43. The Bertz CT molecular complexity index is 1460. The number of benzene rings is 3. The van der Waals surface area contributed by atoms with E-state index in [-0.39, 0.29) is 17.6 Å². The smallest absolute Gasteiger partial charge is 0.259 e. The first-order valence-electron chi connectivity index (χ1n) is 12.3. The van der Waals surface area contributed by atoms with Crippen molar-refractivity contribution in [2.45, 2.75) is 18.4 Å². The summed E-state index contributed by atoms with van der Waals surface area (Å²) in [5, 5.41) is 3.52. The summed E-state index contributed by atoms with van der Waals surface area (Å²) in [6.07, 6.45) is 4.03. The highest BCUT2D eigenvalue weighted by atomic mass is 16.5. The van der Waals surface area contributed by atoms with Gasteiger partial charge >= 0.3 is 0 Å². The maximum Gasteiger partial charge on any atom is 0.259 e. The largest absolute Gasteiger partial charge is 0.497 e. The molecule has 0 bridgehead atoms. The summed E-state index contributed by atoms with van der Waals surface area (Å²) in [5.41, 5.74) is 3.81. The van der Waals surface area contributed by atoms with Crippen LogP contribution in [-0.4, -0.2) is 18.8 Å². The number of rotatable bonds is 4. The molecule has 184 valence electrons. The minimum absolute atomic E-state index is 0.0471. The van der Waals surface area contributed by atoms with E-state index in [1.807, 2.05) is 72.8 Å². The molecule has 3 aromatic carbocycles. The monoisotopic (exact) mass is 490 g/mol. The molecule has 1 aliphatic carbocycles. The number of ketones is 1. The Balaban J connectivity index is 1.52. The van der Waals surface area contributed by atoms with E-state index in [2.05, 4.69) is 11.4 Å². The number of fused-ring (bicyclic) bond motifs is 2. The Morgan fingerprint density at radius 1 is 0.946 bits per heavy atom. The first kappa shape index (κ1) is 22.9. The molecule has 0 radical (unpaired) electrons. The van der Waals surface area contributed by atoms with Crippen molar-refractivity contribution in [3.8, 4) is 5.75 Å². The van der Waals surface area contributed by atoms with Crippen LogP contribution in [0.25, 0.3) is 0 Å². The van der Waals surface area contributed by atoms with Crippen LogP contribution in [0.1, 0.15) is 40.1 Å². The molecule has 4 aromatic rings. The van der Waals surface area contributed by atoms with Crippen LogP contribution in [0.2, 0.25) is 0 Å². The van der Waals surface area contributed by atoms with Gasteiger partial charge in [0.05, 0.1) is 30.7 Å². The van der Waals surface area contributed by atoms with Crippen molar-refractivity contribution in [3.63, 3.8) is 0 Å². The van der Waals surface area contributed by atoms with Gasteiger partial charge in [0.15, 0.2) is 0 Å². The second kappa shape index (κ2) is 9.47. The lowest BCUT2D eigenvalue weighted by molar-refractivity contribution is -0.123. The van der Waals surface area contributed by atoms with Gasteiger partial charge in [-0.3, -0.25) is 14.5 Å². The minimum atomic E-state index is -0.644. The quantitative estimate of drug-likeness (QED) is 0.360. The van der Waals surface area contributed by atoms with Gasteiger partial charge in [0.2, 0.25) is 0 Å². The molecule has 3 atom stereocenters. The highest BCUT2D eigenvalue weighted by Gasteiger charge is 2.46. The van der Waals surface area contributed by atoms with Gasteiger partial charge in [-0.25, -0.2) is 0 Å². The van der Waals surface area contributed by atoms with E-state index >= 15 is 0 Å². The molecular formula is C31H26N2O4. The predicted molar refractivity (Wildman–Crippen MR) is 142 cm³/mol. The number of amides is 1. The van der Waals surface area contributed by atoms with E-state index in [9.17, 15) is 9.59 Å². The van der Waals surface area contributed by atoms with Crippen molar-refractivity contribution in [1.29, 1.82) is 0 Å². The standard InChI is InChI=1S/C31H26N2O4/c1-36-23-15-13-20(14-16-23)22-18-25-29(27(34)19-22)30(28-12-7-17-37-28)33(26-11-6-5-10-24(26)32-25)31(35)21-8-3-2-4-9-21/h2-18,22,29-30,32H,19H2,1H3. The lowest BCUT2D eigenvalue weighted by atomic mass is 9.77. The number of nitrogens with zero attached hydrogens (tertiary/aromatic N) is 1. The topological polar surface area (TPSA) is 71.8 Å². The van der Waals surface area contributed by atoms with Crippen molar-refractivity contribution in [3.05, 3.63) is 126 Å². The number of carbonyl (C=O) groups excluding carboxylic acids is 2. The number of allylic oxidation sites excluding steroid dienone is 1. The molecule has 6 heteroatoms. The molecule has 0 fully saturated rings. The lowest BCUT2D eigenvalue weighted by Gasteiger charge is -2.36. The van der Waals surface area contributed by atoms with E-state index in [0.717, 1.165) is 22.7 Å². The van der Waals surface area contributed by atoms with Gasteiger partial charge in [-0.05, 0) is 54.1 Å². The van der Waals surface area contributed by atoms with E-state index < -0.39 is 12.0 Å². The highest BCUT2D eigenvalue weighted by molar-refractivity contribution is 6.09. The zero-order chi connectivity index (χ0) is 25.4. The summed E-state index contributed by atoms with van der Waals surface area (Å²) in [7, 11) is 1.63. The van der Waals surface area contributed by atoms with Gasteiger partial charge in [0.25, 0.3) is 5.91 Å². The minimum Gasteiger partial charge on any atom is -0.497 e. The molecule has 6 rings (SSSR count). The van der Waals surface area contributed by atoms with Crippen molar-refractivity contribution in [2.24, 2.45) is 5.92 Å². The molecule has 0 spiro atoms. The Morgan fingerprint density at radius 2 is 1.70 bits per heavy atom. The van der Waals surface area contributed by atoms with Crippen molar-refractivity contribution >= 4 is 23.1 Å². The van der Waals surface area contributed by atoms with E-state index in [4.69, 9.17) is 9.15 Å². The first-order valence-corrected chi connectivity index (χ1v) is 12.3. The van der Waals surface area contributed by atoms with Crippen molar-refractivity contribution in [2.75, 3.05) is 17.3 Å². The molecule has 1 aliphatic heterocycles. The summed E-state index contributed by atoms with van der Waals surface area (Å²) < 4.78 is 11.2. The van der Waals surface area contributed by atoms with Crippen LogP contribution < -0.4 is 15.0 Å². The first-order chi connectivity index (χ1) is 18.1. The van der Waals surface area contributed by atoms with Gasteiger partial charge in [0, 0.05) is 23.6 Å². The fraction of sp³-hybridized carbons (Fsp3) is 0.161. The van der Waals surface area contributed by atoms with Gasteiger partial charge in [-0.1, -0.05) is 48.5 Å². The Hall–Kier alpha value is -4.58. The molecule has 37 heavy (non-hydrogen) atoms. The summed E-state index contributed by atoms with van der Waals surface area (Å²) in [5.74, 6) is 0.480. The van der Waals surface area contributed by atoms with Crippen LogP contribution in [-0.2, 0) is 4.79 Å². The Labute approximate surface area is 215 Å². The van der Waals surface area contributed by atoms with E-state index in [0.29, 0.717) is 23.4 Å². The number of furan rings is 1. The normalized spacial score (nSPS) is 20.7. The molecular weight excluding hydrogens is 464 g/mol. The molecule has 1 N–H and O–H groups in total. The number of anilines is 2. The molecule has 1 amide bonds. The number of carbonyl (C=O) groups is 2. The Morgan fingerprint density at radius 3 is 2.43 bits per heavy atom. The zero-order valence-corrected chi connectivity index (χ0v) is 20.3. The van der Waals surface area contributed by atoms with E-state index in [1.54, 1.807) is 36.5 Å². The molecule has 2 heterocycles. The number of methoxy groups -OCH3 is 1. The molecule has 0 saturated heterocycles. The van der Waals surface area contributed by atoms with Crippen LogP contribution in [0.3, 0.4) is 0 Å². The van der Waals surface area contributed by atoms with Gasteiger partial charge in [-0.2, -0.15) is 0 Å². The molecule has 1 aromatic heterocycles. The van der Waals surface area contributed by atoms with Gasteiger partial charge < -0.3 is 14.5 Å². The predicted octanol–water partition coefficient (Wildman–Crippen LogP) is 6.36. The van der Waals surface area contributed by atoms with Gasteiger partial charge in [-0.15, -0.1) is 0 Å². The van der Waals surface area contributed by atoms with Crippen LogP contribution in [0.4, 0.5) is 11.4 Å². The van der Waals surface area contributed by atoms with E-state index in [1.165, 1.54) is 0 Å². The third-order valence-electron chi connectivity index (χ3n) is 7.14. The van der Waals surface area contributed by atoms with Crippen LogP contribution in [0.5, 0.6) is 5.75 Å². The Kier molecular flexibility index (Phi) is 5.85. The lowest BCUT2D eigenvalue weighted by Crippen LogP contribution is -2.42. The molecule has 2 aliphatic rings. The molecule has 0 saturated carbocycles. The van der Waals surface area contributed by atoms with Crippen LogP contribution in [0, 0.1) is 5.92 Å². The second-order valence-electron chi connectivity index (χ2n) is 9.29. The zero-order valence-electron chi connectivity index (χ0n) is 20.3. The third kappa shape index (κ3) is 4.10. The average molecular weight is 491 g/mol. The maximum absolute atomic E-state index is 14.1. The third-order valence-corrected chi connectivity index (χ3v) is 7.14. The van der Waals surface area contributed by atoms with Crippen LogP contribution in [0.15, 0.2) is 113 Å². The SMILES string of the molecule is COc1ccc(C2C=C3Nc4ccccc4N(C(=O)c4ccccc4)C(c4ccco4)C3C(=O)C2)cc1. The number of Topliss-reactive ketones (excluding diaryl/α,β-unsaturated/α-hetero) is 1. The summed E-state index contributed by atoms with van der Waals surface area (Å²) in [6, 6.07) is 27.6. The van der Waals surface area contributed by atoms with Gasteiger partial charge in [0.1, 0.15) is 23.3 Å². The highest BCUT2D eigenvalue weighted by Crippen LogP contribution is 2.48. The molecule has 6 nitrogen and oxygen atoms in total. The summed E-state index contributed by atoms with van der Waals surface area (Å²) in [6.45, 7) is 0. The van der Waals surface area contributed by atoms with Crippen molar-refractivity contribution < 1.29 is 18.7 Å². The number of nitrogens with one attached hydrogen (secondary N) is 1. The summed E-state index contributed by atoms with van der Waals surface area (Å²) in [4.78, 5) is 29.7. The van der Waals surface area contributed by atoms with Crippen molar-refractivity contribution in [1.82, 2.24) is 0 Å². The fourth-order valence-corrected chi connectivity index (χ4v) is 5.38. The maximum atomic E-state index is 14.1. The summed E-state index contributed by atoms with van der Waals surface area (Å²) >= 11 is 0.